The first-order valence-corrected chi connectivity index (χ1v) is 6.04. The van der Waals surface area contributed by atoms with Crippen molar-refractivity contribution in [2.75, 3.05) is 0 Å². The van der Waals surface area contributed by atoms with E-state index in [0.717, 1.165) is 5.92 Å². The van der Waals surface area contributed by atoms with E-state index in [-0.39, 0.29) is 0 Å². The lowest BCUT2D eigenvalue weighted by atomic mass is 9.66. The Balaban J connectivity index is 2.01. The quantitative estimate of drug-likeness (QED) is 0.711. The Labute approximate surface area is 82.1 Å². The molecule has 0 amide bonds. The fraction of sp³-hybridized carbons (Fsp3) is 1.00. The van der Waals surface area contributed by atoms with Crippen LogP contribution >= 0.6 is 0 Å². The minimum absolute atomic E-state index is 0.522. The molecule has 0 spiro atoms. The lowest BCUT2D eigenvalue weighted by Crippen LogP contribution is -2.47. The van der Waals surface area contributed by atoms with Crippen LogP contribution in [0.5, 0.6) is 0 Å². The highest BCUT2D eigenvalue weighted by atomic mass is 14.7. The lowest BCUT2D eigenvalue weighted by molar-refractivity contribution is 0.118. The molecule has 2 saturated carbocycles. The van der Waals surface area contributed by atoms with E-state index in [1.165, 1.54) is 51.4 Å². The maximum absolute atomic E-state index is 6.43. The van der Waals surface area contributed by atoms with Crippen LogP contribution < -0.4 is 5.73 Å². The molecule has 2 aliphatic carbocycles. The molecule has 2 rings (SSSR count). The predicted octanol–water partition coefficient (Wildman–Crippen LogP) is 3.08. The molecule has 0 aromatic rings. The van der Waals surface area contributed by atoms with Crippen LogP contribution in [-0.2, 0) is 0 Å². The van der Waals surface area contributed by atoms with Gasteiger partial charge in [0, 0.05) is 6.04 Å². The van der Waals surface area contributed by atoms with Gasteiger partial charge >= 0.3 is 0 Å². The fourth-order valence-corrected chi connectivity index (χ4v) is 3.30. The third-order valence-electron chi connectivity index (χ3n) is 4.67. The number of hydrogen-bond acceptors (Lipinski definition) is 1. The summed E-state index contributed by atoms with van der Waals surface area (Å²) in [5.74, 6) is 0.873. The van der Waals surface area contributed by atoms with Crippen molar-refractivity contribution < 1.29 is 0 Å². The summed E-state index contributed by atoms with van der Waals surface area (Å²) in [6.07, 6.45) is 11.2. The molecule has 2 fully saturated rings. The Morgan fingerprint density at radius 2 is 1.85 bits per heavy atom. The molecule has 1 atom stereocenters. The predicted molar refractivity (Wildman–Crippen MR) is 56.5 cm³/mol. The summed E-state index contributed by atoms with van der Waals surface area (Å²) in [5.41, 5.74) is 6.98. The van der Waals surface area contributed by atoms with Gasteiger partial charge in [-0.3, -0.25) is 0 Å². The zero-order valence-corrected chi connectivity index (χ0v) is 8.89. The van der Waals surface area contributed by atoms with Crippen LogP contribution in [0.4, 0.5) is 0 Å². The van der Waals surface area contributed by atoms with Gasteiger partial charge in [0.25, 0.3) is 0 Å². The second kappa shape index (κ2) is 3.61. The number of hydrogen-bond donors (Lipinski definition) is 1. The highest BCUT2D eigenvalue weighted by molar-refractivity contribution is 4.97. The van der Waals surface area contributed by atoms with Gasteiger partial charge in [-0.25, -0.2) is 0 Å². The van der Waals surface area contributed by atoms with E-state index in [4.69, 9.17) is 5.73 Å². The smallest absolute Gasteiger partial charge is 0.0124 e. The molecule has 13 heavy (non-hydrogen) atoms. The molecular weight excluding hydrogens is 158 g/mol. The highest BCUT2D eigenvalue weighted by Crippen LogP contribution is 2.48. The van der Waals surface area contributed by atoms with Crippen LogP contribution in [0.1, 0.15) is 58.3 Å². The van der Waals surface area contributed by atoms with Gasteiger partial charge in [-0.15, -0.1) is 0 Å². The molecule has 1 unspecified atom stereocenters. The molecule has 0 radical (unpaired) electrons. The van der Waals surface area contributed by atoms with Crippen molar-refractivity contribution in [2.24, 2.45) is 17.1 Å². The average molecular weight is 181 g/mol. The van der Waals surface area contributed by atoms with E-state index < -0.39 is 0 Å². The molecule has 0 saturated heterocycles. The molecule has 0 aromatic carbocycles. The average Bonchev–Trinajstić information content (AvgIpc) is 2.49. The standard InChI is InChI=1S/C12H23N/c1-2-12(8-3-4-9-12)11(13)10-6-5-7-10/h10-11H,2-9,13H2,1H3. The van der Waals surface area contributed by atoms with E-state index in [2.05, 4.69) is 6.92 Å². The largest absolute Gasteiger partial charge is 0.327 e. The van der Waals surface area contributed by atoms with Gasteiger partial charge in [0.2, 0.25) is 0 Å². The van der Waals surface area contributed by atoms with Gasteiger partial charge in [-0.1, -0.05) is 26.2 Å². The van der Waals surface area contributed by atoms with Crippen LogP contribution in [0.15, 0.2) is 0 Å². The van der Waals surface area contributed by atoms with Crippen molar-refractivity contribution in [3.8, 4) is 0 Å². The zero-order valence-electron chi connectivity index (χ0n) is 8.89. The maximum atomic E-state index is 6.43. The van der Waals surface area contributed by atoms with Crippen molar-refractivity contribution >= 4 is 0 Å². The van der Waals surface area contributed by atoms with E-state index in [1.54, 1.807) is 0 Å². The third-order valence-corrected chi connectivity index (χ3v) is 4.67. The van der Waals surface area contributed by atoms with Gasteiger partial charge < -0.3 is 5.73 Å². The molecule has 2 aliphatic rings. The summed E-state index contributed by atoms with van der Waals surface area (Å²) in [7, 11) is 0. The van der Waals surface area contributed by atoms with Crippen LogP contribution in [0, 0.1) is 11.3 Å². The van der Waals surface area contributed by atoms with Crippen molar-refractivity contribution in [1.82, 2.24) is 0 Å². The minimum Gasteiger partial charge on any atom is -0.327 e. The lowest BCUT2D eigenvalue weighted by Gasteiger charge is -2.43. The SMILES string of the molecule is CCC1(C(N)C2CCC2)CCCC1. The molecule has 2 N–H and O–H groups in total. The van der Waals surface area contributed by atoms with Crippen molar-refractivity contribution in [2.45, 2.75) is 64.3 Å². The highest BCUT2D eigenvalue weighted by Gasteiger charge is 2.42. The minimum atomic E-state index is 0.522. The Kier molecular flexibility index (Phi) is 2.64. The maximum Gasteiger partial charge on any atom is 0.0124 e. The summed E-state index contributed by atoms with van der Waals surface area (Å²) < 4.78 is 0. The van der Waals surface area contributed by atoms with Crippen LogP contribution in [0.2, 0.25) is 0 Å². The molecule has 0 aromatic heterocycles. The molecule has 0 aliphatic heterocycles. The van der Waals surface area contributed by atoms with Crippen molar-refractivity contribution in [3.05, 3.63) is 0 Å². The van der Waals surface area contributed by atoms with Crippen LogP contribution in [-0.4, -0.2) is 6.04 Å². The Hall–Kier alpha value is -0.0400. The molecule has 1 nitrogen and oxygen atoms in total. The Morgan fingerprint density at radius 3 is 2.23 bits per heavy atom. The molecule has 76 valence electrons. The summed E-state index contributed by atoms with van der Waals surface area (Å²) >= 11 is 0. The van der Waals surface area contributed by atoms with E-state index in [9.17, 15) is 0 Å². The van der Waals surface area contributed by atoms with Crippen molar-refractivity contribution in [3.63, 3.8) is 0 Å². The Bertz CT molecular complexity index is 166. The first-order chi connectivity index (χ1) is 6.28. The molecular formula is C12H23N. The van der Waals surface area contributed by atoms with E-state index in [1.807, 2.05) is 0 Å². The molecule has 0 heterocycles. The van der Waals surface area contributed by atoms with E-state index in [0.29, 0.717) is 11.5 Å². The summed E-state index contributed by atoms with van der Waals surface area (Å²) in [6.45, 7) is 2.34. The summed E-state index contributed by atoms with van der Waals surface area (Å²) in [6, 6.07) is 0.522. The Morgan fingerprint density at radius 1 is 1.23 bits per heavy atom. The fourth-order valence-electron chi connectivity index (χ4n) is 3.30. The summed E-state index contributed by atoms with van der Waals surface area (Å²) in [4.78, 5) is 0. The first kappa shape index (κ1) is 9.51. The number of rotatable bonds is 3. The van der Waals surface area contributed by atoms with Crippen LogP contribution in [0.25, 0.3) is 0 Å². The first-order valence-electron chi connectivity index (χ1n) is 6.04. The zero-order chi connectivity index (χ0) is 9.31. The van der Waals surface area contributed by atoms with E-state index >= 15 is 0 Å². The van der Waals surface area contributed by atoms with Crippen molar-refractivity contribution in [1.29, 1.82) is 0 Å². The topological polar surface area (TPSA) is 26.0 Å². The van der Waals surface area contributed by atoms with Gasteiger partial charge in [0.1, 0.15) is 0 Å². The summed E-state index contributed by atoms with van der Waals surface area (Å²) in [5, 5.41) is 0. The second-order valence-electron chi connectivity index (χ2n) is 5.14. The monoisotopic (exact) mass is 181 g/mol. The van der Waals surface area contributed by atoms with Gasteiger partial charge in [0.05, 0.1) is 0 Å². The van der Waals surface area contributed by atoms with Gasteiger partial charge in [0.15, 0.2) is 0 Å². The van der Waals surface area contributed by atoms with Gasteiger partial charge in [-0.2, -0.15) is 0 Å². The molecule has 1 heteroatoms. The third kappa shape index (κ3) is 1.52. The van der Waals surface area contributed by atoms with Gasteiger partial charge in [-0.05, 0) is 43.4 Å². The number of nitrogens with two attached hydrogens (primary N) is 1. The molecule has 0 bridgehead atoms. The van der Waals surface area contributed by atoms with Crippen LogP contribution in [0.3, 0.4) is 0 Å². The second-order valence-corrected chi connectivity index (χ2v) is 5.14. The normalized spacial score (nSPS) is 30.0.